The van der Waals surface area contributed by atoms with Crippen LogP contribution in [0.2, 0.25) is 18.1 Å². The largest absolute Gasteiger partial charge is 0.543 e. The molecule has 0 bridgehead atoms. The minimum Gasteiger partial charge on any atom is -0.543 e. The molecule has 2 aromatic rings. The minimum atomic E-state index is -1.79. The van der Waals surface area contributed by atoms with Crippen molar-refractivity contribution in [1.29, 1.82) is 0 Å². The zero-order chi connectivity index (χ0) is 17.1. The predicted octanol–water partition coefficient (Wildman–Crippen LogP) is 7.00. The molecular weight excluding hydrogens is 364 g/mol. The summed E-state index contributed by atoms with van der Waals surface area (Å²) in [6.45, 7) is 11.3. The van der Waals surface area contributed by atoms with E-state index in [1.54, 1.807) is 0 Å². The summed E-state index contributed by atoms with van der Waals surface area (Å²) >= 11 is 3.50. The second-order valence-electron chi connectivity index (χ2n) is 7.32. The van der Waals surface area contributed by atoms with Crippen molar-refractivity contribution < 1.29 is 4.43 Å². The fraction of sp³-hybridized carbons (Fsp3) is 0.300. The molecule has 0 atom stereocenters. The lowest BCUT2D eigenvalue weighted by Crippen LogP contribution is -2.43. The smallest absolute Gasteiger partial charge is 0.250 e. The summed E-state index contributed by atoms with van der Waals surface area (Å²) in [5.74, 6) is 0.966. The lowest BCUT2D eigenvalue weighted by molar-refractivity contribution is 0.492. The first-order valence-electron chi connectivity index (χ1n) is 7.90. The van der Waals surface area contributed by atoms with E-state index < -0.39 is 8.32 Å². The van der Waals surface area contributed by atoms with Crippen molar-refractivity contribution in [3.63, 3.8) is 0 Å². The normalized spacial score (nSPS) is 12.6. The van der Waals surface area contributed by atoms with Gasteiger partial charge in [-0.2, -0.15) is 0 Å². The van der Waals surface area contributed by atoms with Gasteiger partial charge in [0.25, 0.3) is 0 Å². The van der Waals surface area contributed by atoms with Crippen LogP contribution in [0, 0.1) is 0 Å². The molecule has 0 saturated carbocycles. The Balaban J connectivity index is 2.17. The lowest BCUT2D eigenvalue weighted by Gasteiger charge is -2.36. The molecule has 0 N–H and O–H groups in total. The first kappa shape index (κ1) is 18.0. The molecule has 0 amide bonds. The molecule has 0 fully saturated rings. The quantitative estimate of drug-likeness (QED) is 0.404. The molecular formula is C20H25BrOSi. The maximum Gasteiger partial charge on any atom is 0.250 e. The van der Waals surface area contributed by atoms with Gasteiger partial charge >= 0.3 is 0 Å². The summed E-state index contributed by atoms with van der Waals surface area (Å²) in [5.41, 5.74) is 2.33. The molecule has 0 heterocycles. The van der Waals surface area contributed by atoms with Crippen LogP contribution in [0.25, 0.3) is 12.2 Å². The van der Waals surface area contributed by atoms with E-state index in [4.69, 9.17) is 4.43 Å². The van der Waals surface area contributed by atoms with Gasteiger partial charge in [-0.05, 0) is 53.5 Å². The molecule has 0 spiro atoms. The average Bonchev–Trinajstić information content (AvgIpc) is 2.44. The van der Waals surface area contributed by atoms with Crippen LogP contribution >= 0.6 is 15.9 Å². The van der Waals surface area contributed by atoms with Gasteiger partial charge in [0.05, 0.1) is 0 Å². The Bertz CT molecular complexity index is 699. The fourth-order valence-electron chi connectivity index (χ4n) is 1.93. The molecule has 0 aromatic heterocycles. The summed E-state index contributed by atoms with van der Waals surface area (Å²) in [6.07, 6.45) is 4.25. The molecule has 0 saturated heterocycles. The van der Waals surface area contributed by atoms with Crippen molar-refractivity contribution in [2.75, 3.05) is 0 Å². The van der Waals surface area contributed by atoms with Crippen LogP contribution in [-0.4, -0.2) is 8.32 Å². The Morgan fingerprint density at radius 3 is 2.04 bits per heavy atom. The van der Waals surface area contributed by atoms with Crippen LogP contribution in [-0.2, 0) is 0 Å². The third-order valence-corrected chi connectivity index (χ3v) is 9.21. The van der Waals surface area contributed by atoms with Crippen LogP contribution in [0.3, 0.4) is 0 Å². The van der Waals surface area contributed by atoms with Gasteiger partial charge in [0.2, 0.25) is 8.32 Å². The Labute approximate surface area is 149 Å². The van der Waals surface area contributed by atoms with Crippen molar-refractivity contribution in [2.24, 2.45) is 0 Å². The molecule has 0 aliphatic rings. The molecule has 3 heteroatoms. The van der Waals surface area contributed by atoms with Gasteiger partial charge in [-0.1, -0.05) is 73.1 Å². The van der Waals surface area contributed by atoms with Crippen molar-refractivity contribution >= 4 is 36.4 Å². The van der Waals surface area contributed by atoms with E-state index in [0.717, 1.165) is 15.8 Å². The van der Waals surface area contributed by atoms with Crippen LogP contribution in [0.5, 0.6) is 5.75 Å². The first-order chi connectivity index (χ1) is 10.7. The monoisotopic (exact) mass is 388 g/mol. The third kappa shape index (κ3) is 5.08. The summed E-state index contributed by atoms with van der Waals surface area (Å²) in [4.78, 5) is 0. The summed E-state index contributed by atoms with van der Waals surface area (Å²) < 4.78 is 7.47. The van der Waals surface area contributed by atoms with E-state index in [1.807, 2.05) is 12.1 Å². The van der Waals surface area contributed by atoms with Gasteiger partial charge in [-0.25, -0.2) is 0 Å². The van der Waals surface area contributed by atoms with Crippen molar-refractivity contribution in [2.45, 2.75) is 38.9 Å². The SMILES string of the molecule is CC(C)(C)[Si](C)(C)Oc1cccc(C=Cc2cccc(Br)c2)c1. The van der Waals surface area contributed by atoms with Crippen molar-refractivity contribution in [3.05, 3.63) is 64.1 Å². The number of hydrogen-bond acceptors (Lipinski definition) is 1. The third-order valence-electron chi connectivity index (χ3n) is 4.35. The molecule has 0 unspecified atom stereocenters. The predicted molar refractivity (Wildman–Crippen MR) is 107 cm³/mol. The van der Waals surface area contributed by atoms with Gasteiger partial charge in [0.15, 0.2) is 0 Å². The summed E-state index contributed by atoms with van der Waals surface area (Å²) in [7, 11) is -1.79. The summed E-state index contributed by atoms with van der Waals surface area (Å²) in [6, 6.07) is 16.6. The fourth-order valence-corrected chi connectivity index (χ4v) is 3.37. The highest BCUT2D eigenvalue weighted by molar-refractivity contribution is 9.10. The molecule has 2 aromatic carbocycles. The highest BCUT2D eigenvalue weighted by Gasteiger charge is 2.38. The Hall–Kier alpha value is -1.32. The number of halogens is 1. The lowest BCUT2D eigenvalue weighted by atomic mass is 10.1. The van der Waals surface area contributed by atoms with Gasteiger partial charge in [-0.15, -0.1) is 0 Å². The maximum absolute atomic E-state index is 6.38. The summed E-state index contributed by atoms with van der Waals surface area (Å²) in [5, 5.41) is 0.204. The molecule has 0 aliphatic carbocycles. The molecule has 1 nitrogen and oxygen atoms in total. The zero-order valence-electron chi connectivity index (χ0n) is 14.6. The minimum absolute atomic E-state index is 0.204. The van der Waals surface area contributed by atoms with Gasteiger partial charge in [-0.3, -0.25) is 0 Å². The molecule has 0 aliphatic heterocycles. The highest BCUT2D eigenvalue weighted by atomic mass is 79.9. The van der Waals surface area contributed by atoms with Crippen LogP contribution in [0.1, 0.15) is 31.9 Å². The Kier molecular flexibility index (Phi) is 5.53. The van der Waals surface area contributed by atoms with E-state index in [-0.39, 0.29) is 5.04 Å². The Morgan fingerprint density at radius 2 is 1.48 bits per heavy atom. The Morgan fingerprint density at radius 1 is 0.913 bits per heavy atom. The van der Waals surface area contributed by atoms with E-state index in [1.165, 1.54) is 5.56 Å². The van der Waals surface area contributed by atoms with Crippen LogP contribution in [0.15, 0.2) is 53.0 Å². The standard InChI is InChI=1S/C20H25BrOSi/c1-20(2,3)23(4,5)22-19-11-7-9-17(15-19)13-12-16-8-6-10-18(21)14-16/h6-15H,1-5H3. The van der Waals surface area contributed by atoms with Gasteiger partial charge in [0, 0.05) is 4.47 Å². The van der Waals surface area contributed by atoms with Crippen LogP contribution < -0.4 is 4.43 Å². The number of benzene rings is 2. The average molecular weight is 389 g/mol. The van der Waals surface area contributed by atoms with E-state index in [2.05, 4.69) is 98.3 Å². The molecule has 0 radical (unpaired) electrons. The first-order valence-corrected chi connectivity index (χ1v) is 11.6. The number of hydrogen-bond donors (Lipinski definition) is 0. The van der Waals surface area contributed by atoms with E-state index in [0.29, 0.717) is 0 Å². The number of rotatable bonds is 4. The zero-order valence-corrected chi connectivity index (χ0v) is 17.1. The molecule has 2 rings (SSSR count). The topological polar surface area (TPSA) is 9.23 Å². The van der Waals surface area contributed by atoms with Crippen LogP contribution in [0.4, 0.5) is 0 Å². The second-order valence-corrected chi connectivity index (χ2v) is 13.0. The van der Waals surface area contributed by atoms with Crippen molar-refractivity contribution in [3.8, 4) is 5.75 Å². The van der Waals surface area contributed by atoms with E-state index in [9.17, 15) is 0 Å². The van der Waals surface area contributed by atoms with E-state index >= 15 is 0 Å². The molecule has 23 heavy (non-hydrogen) atoms. The second kappa shape index (κ2) is 7.06. The van der Waals surface area contributed by atoms with Gasteiger partial charge in [0.1, 0.15) is 5.75 Å². The molecule has 122 valence electrons. The van der Waals surface area contributed by atoms with Crippen molar-refractivity contribution in [1.82, 2.24) is 0 Å². The highest BCUT2D eigenvalue weighted by Crippen LogP contribution is 2.37. The maximum atomic E-state index is 6.38. The van der Waals surface area contributed by atoms with Gasteiger partial charge < -0.3 is 4.43 Å².